The molecule has 0 radical (unpaired) electrons. The fraction of sp³-hybridized carbons (Fsp3) is 0.231. The minimum atomic E-state index is -0.462. The van der Waals surface area contributed by atoms with Crippen molar-refractivity contribution in [1.29, 1.82) is 0 Å². The van der Waals surface area contributed by atoms with E-state index >= 15 is 0 Å². The molecule has 1 aromatic carbocycles. The summed E-state index contributed by atoms with van der Waals surface area (Å²) >= 11 is 6.05. The van der Waals surface area contributed by atoms with Crippen molar-refractivity contribution in [3.63, 3.8) is 0 Å². The third-order valence-electron chi connectivity index (χ3n) is 2.78. The van der Waals surface area contributed by atoms with E-state index in [2.05, 4.69) is 4.98 Å². The molecule has 0 unspecified atom stereocenters. The lowest BCUT2D eigenvalue weighted by Crippen LogP contribution is -2.37. The van der Waals surface area contributed by atoms with Gasteiger partial charge in [-0.3, -0.25) is 0 Å². The van der Waals surface area contributed by atoms with E-state index < -0.39 is 5.97 Å². The second kappa shape index (κ2) is 4.55. The molecule has 4 nitrogen and oxygen atoms in total. The van der Waals surface area contributed by atoms with Crippen molar-refractivity contribution in [3.05, 3.63) is 41.2 Å². The molecule has 1 fully saturated rings. The van der Waals surface area contributed by atoms with Gasteiger partial charge in [-0.1, -0.05) is 35.9 Å². The van der Waals surface area contributed by atoms with Crippen molar-refractivity contribution >= 4 is 28.3 Å². The minimum Gasteiger partial charge on any atom is -0.453 e. The van der Waals surface area contributed by atoms with Crippen molar-refractivity contribution < 1.29 is 14.3 Å². The molecule has 0 spiro atoms. The molecule has 3 rings (SSSR count). The summed E-state index contributed by atoms with van der Waals surface area (Å²) in [6.45, 7) is 0.903. The van der Waals surface area contributed by atoms with E-state index in [1.54, 1.807) is 6.07 Å². The number of aromatic nitrogens is 1. The Morgan fingerprint density at radius 1 is 1.39 bits per heavy atom. The number of pyridine rings is 1. The summed E-state index contributed by atoms with van der Waals surface area (Å²) in [6, 6.07) is 9.18. The first-order valence-corrected chi connectivity index (χ1v) is 5.96. The second-order valence-corrected chi connectivity index (χ2v) is 4.44. The number of nitrogens with zero attached hydrogens (tertiary/aromatic N) is 1. The normalized spacial score (nSPS) is 15.4. The van der Waals surface area contributed by atoms with Crippen LogP contribution in [0.1, 0.15) is 10.5 Å². The standard InChI is InChI=1S/C13H10ClNO3/c14-12-10-4-2-1-3-8(10)5-11(15-12)13(16)18-9-6-17-7-9/h1-5,9H,6-7H2. The highest BCUT2D eigenvalue weighted by Gasteiger charge is 2.24. The number of rotatable bonds is 2. The Kier molecular flexibility index (Phi) is 2.89. The van der Waals surface area contributed by atoms with Gasteiger partial charge in [-0.05, 0) is 11.5 Å². The number of benzene rings is 1. The Morgan fingerprint density at radius 3 is 2.89 bits per heavy atom. The summed E-state index contributed by atoms with van der Waals surface area (Å²) < 4.78 is 10.1. The lowest BCUT2D eigenvalue weighted by molar-refractivity contribution is -0.103. The third kappa shape index (κ3) is 2.05. The Hall–Kier alpha value is -1.65. The molecule has 0 amide bonds. The second-order valence-electron chi connectivity index (χ2n) is 4.08. The lowest BCUT2D eigenvalue weighted by atomic mass is 10.1. The van der Waals surface area contributed by atoms with Crippen LogP contribution in [0.4, 0.5) is 0 Å². The van der Waals surface area contributed by atoms with Crippen molar-refractivity contribution in [1.82, 2.24) is 4.98 Å². The molecule has 18 heavy (non-hydrogen) atoms. The van der Waals surface area contributed by atoms with Gasteiger partial charge in [-0.2, -0.15) is 0 Å². The van der Waals surface area contributed by atoms with Crippen LogP contribution in [0.2, 0.25) is 5.15 Å². The van der Waals surface area contributed by atoms with Crippen molar-refractivity contribution in [2.75, 3.05) is 13.2 Å². The fourth-order valence-corrected chi connectivity index (χ4v) is 2.02. The van der Waals surface area contributed by atoms with Crippen molar-refractivity contribution in [2.45, 2.75) is 6.10 Å². The number of hydrogen-bond acceptors (Lipinski definition) is 4. The SMILES string of the molecule is O=C(OC1COC1)c1cc2ccccc2c(Cl)n1. The predicted molar refractivity (Wildman–Crippen MR) is 66.8 cm³/mol. The topological polar surface area (TPSA) is 48.4 Å². The number of ether oxygens (including phenoxy) is 2. The highest BCUT2D eigenvalue weighted by atomic mass is 35.5. The predicted octanol–water partition coefficient (Wildman–Crippen LogP) is 2.44. The van der Waals surface area contributed by atoms with E-state index in [1.807, 2.05) is 24.3 Å². The molecule has 1 aliphatic rings. The largest absolute Gasteiger partial charge is 0.453 e. The molecule has 0 aliphatic carbocycles. The van der Waals surface area contributed by atoms with Crippen LogP contribution in [-0.4, -0.2) is 30.3 Å². The van der Waals surface area contributed by atoms with E-state index in [0.717, 1.165) is 10.8 Å². The maximum absolute atomic E-state index is 11.8. The molecule has 2 heterocycles. The van der Waals surface area contributed by atoms with Crippen LogP contribution in [0.15, 0.2) is 30.3 Å². The molecule has 0 atom stereocenters. The zero-order valence-corrected chi connectivity index (χ0v) is 10.2. The highest BCUT2D eigenvalue weighted by Crippen LogP contribution is 2.23. The maximum atomic E-state index is 11.8. The lowest BCUT2D eigenvalue weighted by Gasteiger charge is -2.25. The molecule has 5 heteroatoms. The first kappa shape index (κ1) is 11.4. The maximum Gasteiger partial charge on any atom is 0.357 e. The van der Waals surface area contributed by atoms with E-state index in [4.69, 9.17) is 21.1 Å². The number of carbonyl (C=O) groups is 1. The average Bonchev–Trinajstić information content (AvgIpc) is 2.33. The Balaban J connectivity index is 1.94. The minimum absolute atomic E-state index is 0.162. The number of fused-ring (bicyclic) bond motifs is 1. The summed E-state index contributed by atoms with van der Waals surface area (Å²) in [5, 5.41) is 2.00. The van der Waals surface area contributed by atoms with E-state index in [9.17, 15) is 4.79 Å². The number of hydrogen-bond donors (Lipinski definition) is 0. The van der Waals surface area contributed by atoms with Gasteiger partial charge in [0.2, 0.25) is 0 Å². The molecule has 0 saturated carbocycles. The van der Waals surface area contributed by atoms with Gasteiger partial charge in [0.15, 0.2) is 5.69 Å². The van der Waals surface area contributed by atoms with E-state index in [1.165, 1.54) is 0 Å². The summed E-state index contributed by atoms with van der Waals surface area (Å²) in [6.07, 6.45) is -0.162. The van der Waals surface area contributed by atoms with Crippen LogP contribution in [0.25, 0.3) is 10.8 Å². The van der Waals surface area contributed by atoms with Crippen LogP contribution in [0.3, 0.4) is 0 Å². The number of esters is 1. The summed E-state index contributed by atoms with van der Waals surface area (Å²) in [4.78, 5) is 15.9. The monoisotopic (exact) mass is 263 g/mol. The molecule has 0 N–H and O–H groups in total. The molecular formula is C13H10ClNO3. The van der Waals surface area contributed by atoms with Crippen LogP contribution < -0.4 is 0 Å². The first-order valence-electron chi connectivity index (χ1n) is 5.58. The summed E-state index contributed by atoms with van der Waals surface area (Å²) in [7, 11) is 0. The fourth-order valence-electron chi connectivity index (χ4n) is 1.75. The first-order chi connectivity index (χ1) is 8.74. The molecule has 1 aromatic heterocycles. The van der Waals surface area contributed by atoms with E-state index in [-0.39, 0.29) is 11.8 Å². The molecule has 92 valence electrons. The van der Waals surface area contributed by atoms with Crippen LogP contribution in [-0.2, 0) is 9.47 Å². The van der Waals surface area contributed by atoms with Crippen LogP contribution >= 0.6 is 11.6 Å². The smallest absolute Gasteiger partial charge is 0.357 e. The Morgan fingerprint density at radius 2 is 2.17 bits per heavy atom. The third-order valence-corrected chi connectivity index (χ3v) is 3.07. The molecule has 1 aliphatic heterocycles. The zero-order valence-electron chi connectivity index (χ0n) is 9.43. The molecular weight excluding hydrogens is 254 g/mol. The van der Waals surface area contributed by atoms with Gasteiger partial charge in [0.05, 0.1) is 13.2 Å². The van der Waals surface area contributed by atoms with Crippen LogP contribution in [0.5, 0.6) is 0 Å². The van der Waals surface area contributed by atoms with Crippen molar-refractivity contribution in [2.24, 2.45) is 0 Å². The summed E-state index contributed by atoms with van der Waals surface area (Å²) in [5.74, 6) is -0.462. The Labute approximate surface area is 108 Å². The van der Waals surface area contributed by atoms with Gasteiger partial charge in [-0.15, -0.1) is 0 Å². The highest BCUT2D eigenvalue weighted by molar-refractivity contribution is 6.34. The molecule has 2 aromatic rings. The van der Waals surface area contributed by atoms with Gasteiger partial charge in [0.1, 0.15) is 11.3 Å². The average molecular weight is 264 g/mol. The molecule has 1 saturated heterocycles. The van der Waals surface area contributed by atoms with Crippen molar-refractivity contribution in [3.8, 4) is 0 Å². The van der Waals surface area contributed by atoms with E-state index in [0.29, 0.717) is 18.4 Å². The zero-order chi connectivity index (χ0) is 12.5. The van der Waals surface area contributed by atoms with Gasteiger partial charge in [0, 0.05) is 5.39 Å². The van der Waals surface area contributed by atoms with Gasteiger partial charge >= 0.3 is 5.97 Å². The van der Waals surface area contributed by atoms with Gasteiger partial charge in [0.25, 0.3) is 0 Å². The molecule has 0 bridgehead atoms. The van der Waals surface area contributed by atoms with Crippen LogP contribution in [0, 0.1) is 0 Å². The number of carbonyl (C=O) groups excluding carboxylic acids is 1. The number of halogens is 1. The quantitative estimate of drug-likeness (QED) is 0.617. The van der Waals surface area contributed by atoms with Gasteiger partial charge < -0.3 is 9.47 Å². The summed E-state index contributed by atoms with van der Waals surface area (Å²) in [5.41, 5.74) is 0.227. The Bertz CT molecular complexity index is 610. The van der Waals surface area contributed by atoms with Gasteiger partial charge in [-0.25, -0.2) is 9.78 Å².